The van der Waals surface area contributed by atoms with Gasteiger partial charge >= 0.3 is 0 Å². The summed E-state index contributed by atoms with van der Waals surface area (Å²) in [5.74, 6) is 0.442. The Kier molecular flexibility index (Phi) is 9.62. The topological polar surface area (TPSA) is 70.6 Å². The number of hydrogen-bond acceptors (Lipinski definition) is 4. The molecule has 0 saturated carbocycles. The summed E-state index contributed by atoms with van der Waals surface area (Å²) in [5.41, 5.74) is 0. The van der Waals surface area contributed by atoms with Gasteiger partial charge in [-0.2, -0.15) is 0 Å². The maximum Gasteiger partial charge on any atom is 0.222 e. The van der Waals surface area contributed by atoms with Crippen molar-refractivity contribution in [3.63, 3.8) is 0 Å². The molecule has 118 valence electrons. The van der Waals surface area contributed by atoms with Gasteiger partial charge in [0.2, 0.25) is 5.91 Å². The number of rotatable bonds is 10. The van der Waals surface area contributed by atoms with Gasteiger partial charge in [-0.05, 0) is 44.7 Å². The van der Waals surface area contributed by atoms with Crippen LogP contribution >= 0.6 is 0 Å². The number of ether oxygens (including phenoxy) is 1. The summed E-state index contributed by atoms with van der Waals surface area (Å²) in [5, 5.41) is 15.2. The largest absolute Gasteiger partial charge is 0.396 e. The van der Waals surface area contributed by atoms with Gasteiger partial charge in [-0.3, -0.25) is 4.79 Å². The maximum atomic E-state index is 11.7. The summed E-state index contributed by atoms with van der Waals surface area (Å²) < 4.78 is 5.71. The Labute approximate surface area is 122 Å². The van der Waals surface area contributed by atoms with Crippen LogP contribution in [0.4, 0.5) is 0 Å². The van der Waals surface area contributed by atoms with E-state index in [9.17, 15) is 4.79 Å². The number of aliphatic hydroxyl groups is 1. The van der Waals surface area contributed by atoms with Gasteiger partial charge in [-0.25, -0.2) is 0 Å². The van der Waals surface area contributed by atoms with E-state index in [1.165, 1.54) is 0 Å². The number of amides is 1. The zero-order valence-corrected chi connectivity index (χ0v) is 12.7. The third-order valence-corrected chi connectivity index (χ3v) is 3.79. The summed E-state index contributed by atoms with van der Waals surface area (Å²) in [6, 6.07) is 0. The van der Waals surface area contributed by atoms with E-state index < -0.39 is 0 Å². The van der Waals surface area contributed by atoms with Crippen LogP contribution in [0.5, 0.6) is 0 Å². The van der Waals surface area contributed by atoms with E-state index in [1.807, 2.05) is 0 Å². The molecule has 1 rings (SSSR count). The Bertz CT molecular complexity index is 250. The molecule has 0 aliphatic carbocycles. The van der Waals surface area contributed by atoms with Crippen molar-refractivity contribution in [3.05, 3.63) is 0 Å². The van der Waals surface area contributed by atoms with Crippen LogP contribution < -0.4 is 10.6 Å². The van der Waals surface area contributed by atoms with Crippen LogP contribution in [0.15, 0.2) is 0 Å². The fraction of sp³-hybridized carbons (Fsp3) is 0.933. The van der Waals surface area contributed by atoms with Gasteiger partial charge in [0.15, 0.2) is 0 Å². The minimum absolute atomic E-state index is 0.0537. The number of nitrogens with one attached hydrogen (secondary N) is 2. The predicted molar refractivity (Wildman–Crippen MR) is 79.6 cm³/mol. The van der Waals surface area contributed by atoms with E-state index in [0.29, 0.717) is 31.6 Å². The highest BCUT2D eigenvalue weighted by Gasteiger charge is 2.14. The summed E-state index contributed by atoms with van der Waals surface area (Å²) in [4.78, 5) is 11.7. The highest BCUT2D eigenvalue weighted by Crippen LogP contribution is 2.10. The lowest BCUT2D eigenvalue weighted by Crippen LogP contribution is -2.34. The number of carbonyl (C=O) groups is 1. The van der Waals surface area contributed by atoms with Crippen molar-refractivity contribution in [2.24, 2.45) is 5.92 Å². The Hall–Kier alpha value is -0.650. The van der Waals surface area contributed by atoms with Crippen LogP contribution in [0.3, 0.4) is 0 Å². The quantitative estimate of drug-likeness (QED) is 0.561. The summed E-state index contributed by atoms with van der Waals surface area (Å²) in [7, 11) is 0. The normalized spacial score (nSPS) is 17.9. The Balaban J connectivity index is 2.06. The maximum absolute atomic E-state index is 11.7. The SMILES string of the molecule is CCCC(CCO)CNC(=O)CCOC1CCNCC1. The molecule has 1 heterocycles. The average Bonchev–Trinajstić information content (AvgIpc) is 2.46. The van der Waals surface area contributed by atoms with E-state index in [4.69, 9.17) is 9.84 Å². The molecule has 0 spiro atoms. The molecule has 5 heteroatoms. The highest BCUT2D eigenvalue weighted by molar-refractivity contribution is 5.75. The van der Waals surface area contributed by atoms with Gasteiger partial charge in [0, 0.05) is 19.6 Å². The van der Waals surface area contributed by atoms with E-state index in [-0.39, 0.29) is 12.5 Å². The van der Waals surface area contributed by atoms with Crippen molar-refractivity contribution in [2.75, 3.05) is 32.8 Å². The molecule has 5 nitrogen and oxygen atoms in total. The second-order valence-electron chi connectivity index (χ2n) is 5.54. The van der Waals surface area contributed by atoms with Gasteiger partial charge < -0.3 is 20.5 Å². The molecular weight excluding hydrogens is 256 g/mol. The van der Waals surface area contributed by atoms with Crippen molar-refractivity contribution in [3.8, 4) is 0 Å². The molecule has 1 fully saturated rings. The van der Waals surface area contributed by atoms with Crippen LogP contribution in [0.2, 0.25) is 0 Å². The van der Waals surface area contributed by atoms with Gasteiger partial charge in [-0.1, -0.05) is 13.3 Å². The average molecular weight is 286 g/mol. The molecule has 0 aromatic rings. The molecule has 1 amide bonds. The zero-order chi connectivity index (χ0) is 14.6. The van der Waals surface area contributed by atoms with E-state index in [0.717, 1.165) is 45.2 Å². The molecule has 0 aromatic carbocycles. The highest BCUT2D eigenvalue weighted by atomic mass is 16.5. The third kappa shape index (κ3) is 7.82. The second kappa shape index (κ2) is 11.1. The number of hydrogen-bond donors (Lipinski definition) is 3. The van der Waals surface area contributed by atoms with Gasteiger partial charge in [0.1, 0.15) is 0 Å². The molecule has 3 N–H and O–H groups in total. The van der Waals surface area contributed by atoms with Crippen molar-refractivity contribution in [1.29, 1.82) is 0 Å². The second-order valence-corrected chi connectivity index (χ2v) is 5.54. The fourth-order valence-electron chi connectivity index (χ4n) is 2.57. The van der Waals surface area contributed by atoms with Crippen LogP contribution in [-0.4, -0.2) is 50.0 Å². The summed E-state index contributed by atoms with van der Waals surface area (Å²) in [6.45, 7) is 5.52. The first kappa shape index (κ1) is 17.4. The van der Waals surface area contributed by atoms with E-state index in [2.05, 4.69) is 17.6 Å². The standard InChI is InChI=1S/C15H30N2O3/c1-2-3-13(6-10-18)12-17-15(19)7-11-20-14-4-8-16-9-5-14/h13-14,16,18H,2-12H2,1H3,(H,17,19). The monoisotopic (exact) mass is 286 g/mol. The Morgan fingerprint density at radius 1 is 1.40 bits per heavy atom. The predicted octanol–water partition coefficient (Wildman–Crippen LogP) is 1.06. The number of carbonyl (C=O) groups excluding carboxylic acids is 1. The molecule has 0 aromatic heterocycles. The lowest BCUT2D eigenvalue weighted by molar-refractivity contribution is -0.123. The Morgan fingerprint density at radius 3 is 2.80 bits per heavy atom. The minimum atomic E-state index is 0.0537. The molecule has 0 radical (unpaired) electrons. The summed E-state index contributed by atoms with van der Waals surface area (Å²) >= 11 is 0. The molecule has 0 bridgehead atoms. The first-order valence-electron chi connectivity index (χ1n) is 7.96. The fourth-order valence-corrected chi connectivity index (χ4v) is 2.57. The summed E-state index contributed by atoms with van der Waals surface area (Å²) in [6.07, 6.45) is 5.71. The Morgan fingerprint density at radius 2 is 2.15 bits per heavy atom. The van der Waals surface area contributed by atoms with Crippen molar-refractivity contribution in [2.45, 2.75) is 51.6 Å². The first-order valence-corrected chi connectivity index (χ1v) is 7.96. The molecule has 1 aliphatic heterocycles. The lowest BCUT2D eigenvalue weighted by Gasteiger charge is -2.22. The molecule has 1 unspecified atom stereocenters. The van der Waals surface area contributed by atoms with Crippen LogP contribution in [-0.2, 0) is 9.53 Å². The van der Waals surface area contributed by atoms with E-state index >= 15 is 0 Å². The van der Waals surface area contributed by atoms with Crippen LogP contribution in [0.25, 0.3) is 0 Å². The van der Waals surface area contributed by atoms with E-state index in [1.54, 1.807) is 0 Å². The van der Waals surface area contributed by atoms with Crippen LogP contribution in [0.1, 0.15) is 45.4 Å². The zero-order valence-electron chi connectivity index (χ0n) is 12.7. The van der Waals surface area contributed by atoms with Crippen molar-refractivity contribution >= 4 is 5.91 Å². The van der Waals surface area contributed by atoms with Crippen molar-refractivity contribution < 1.29 is 14.6 Å². The molecule has 1 aliphatic rings. The van der Waals surface area contributed by atoms with Crippen molar-refractivity contribution in [1.82, 2.24) is 10.6 Å². The van der Waals surface area contributed by atoms with Gasteiger partial charge in [-0.15, -0.1) is 0 Å². The van der Waals surface area contributed by atoms with Crippen LogP contribution in [0, 0.1) is 5.92 Å². The lowest BCUT2D eigenvalue weighted by atomic mass is 10.0. The molecular formula is C15H30N2O3. The minimum Gasteiger partial charge on any atom is -0.396 e. The van der Waals surface area contributed by atoms with Gasteiger partial charge in [0.25, 0.3) is 0 Å². The third-order valence-electron chi connectivity index (χ3n) is 3.79. The molecule has 1 saturated heterocycles. The number of piperidine rings is 1. The molecule has 1 atom stereocenters. The van der Waals surface area contributed by atoms with Gasteiger partial charge in [0.05, 0.1) is 12.7 Å². The first-order chi connectivity index (χ1) is 9.76. The number of aliphatic hydroxyl groups excluding tert-OH is 1. The molecule has 20 heavy (non-hydrogen) atoms. The smallest absolute Gasteiger partial charge is 0.222 e.